The van der Waals surface area contributed by atoms with E-state index in [1.807, 2.05) is 24.3 Å². The number of ether oxygens (including phenoxy) is 3. The number of nitrogens with one attached hydrogen (secondary N) is 2. The second-order valence-electron chi connectivity index (χ2n) is 5.91. The Balaban J connectivity index is 1.46. The molecule has 8 heteroatoms. The lowest BCUT2D eigenvalue weighted by molar-refractivity contribution is 0.102. The zero-order valence-corrected chi connectivity index (χ0v) is 16.2. The number of aromatic nitrogens is 2. The molecule has 0 fully saturated rings. The minimum atomic E-state index is -0.314. The Morgan fingerprint density at radius 2 is 1.55 bits per heavy atom. The number of amides is 1. The Bertz CT molecular complexity index is 930. The number of benzene rings is 2. The molecule has 0 aliphatic rings. The maximum absolute atomic E-state index is 12.4. The summed E-state index contributed by atoms with van der Waals surface area (Å²) in [4.78, 5) is 12.4. The van der Waals surface area contributed by atoms with Gasteiger partial charge in [0.05, 0.1) is 26.3 Å². The largest absolute Gasteiger partial charge is 0.497 e. The molecule has 3 aromatic rings. The van der Waals surface area contributed by atoms with Gasteiger partial charge in [0.25, 0.3) is 5.91 Å². The standard InChI is InChI=1S/C21H22N4O4/c1-27-15-7-9-16(10-8-15)29-14-13-22-19-11-12-20(25-24-19)23-21(26)17-5-3-4-6-18(17)28-2/h3-12H,13-14H2,1-2H3,(H,22,24)(H,23,25,26). The van der Waals surface area contributed by atoms with Gasteiger partial charge in [-0.15, -0.1) is 10.2 Å². The molecule has 1 heterocycles. The number of rotatable bonds is 9. The van der Waals surface area contributed by atoms with Crippen molar-refractivity contribution < 1.29 is 19.0 Å². The molecule has 0 atom stereocenters. The van der Waals surface area contributed by atoms with Crippen molar-refractivity contribution in [2.75, 3.05) is 38.0 Å². The minimum Gasteiger partial charge on any atom is -0.497 e. The van der Waals surface area contributed by atoms with Crippen LogP contribution in [0, 0.1) is 0 Å². The Morgan fingerprint density at radius 1 is 0.862 bits per heavy atom. The van der Waals surface area contributed by atoms with Crippen LogP contribution in [0.1, 0.15) is 10.4 Å². The number of methoxy groups -OCH3 is 2. The summed E-state index contributed by atoms with van der Waals surface area (Å²) in [6.07, 6.45) is 0. The fourth-order valence-electron chi connectivity index (χ4n) is 2.53. The van der Waals surface area contributed by atoms with E-state index in [9.17, 15) is 4.79 Å². The van der Waals surface area contributed by atoms with Crippen molar-refractivity contribution in [3.63, 3.8) is 0 Å². The molecule has 0 aliphatic heterocycles. The summed E-state index contributed by atoms with van der Waals surface area (Å²) >= 11 is 0. The number of anilines is 2. The summed E-state index contributed by atoms with van der Waals surface area (Å²) in [6.45, 7) is 1.01. The van der Waals surface area contributed by atoms with Gasteiger partial charge in [-0.05, 0) is 48.5 Å². The molecule has 1 amide bonds. The van der Waals surface area contributed by atoms with Crippen molar-refractivity contribution in [2.45, 2.75) is 0 Å². The monoisotopic (exact) mass is 394 g/mol. The number of carbonyl (C=O) groups is 1. The van der Waals surface area contributed by atoms with E-state index in [0.717, 1.165) is 11.5 Å². The second kappa shape index (κ2) is 9.93. The van der Waals surface area contributed by atoms with Gasteiger partial charge in [-0.1, -0.05) is 12.1 Å². The van der Waals surface area contributed by atoms with Gasteiger partial charge in [-0.25, -0.2) is 0 Å². The number of para-hydroxylation sites is 1. The summed E-state index contributed by atoms with van der Waals surface area (Å²) in [7, 11) is 3.14. The molecule has 1 aromatic heterocycles. The van der Waals surface area contributed by atoms with Crippen molar-refractivity contribution in [2.24, 2.45) is 0 Å². The van der Waals surface area contributed by atoms with E-state index in [0.29, 0.717) is 36.1 Å². The molecule has 0 unspecified atom stereocenters. The lowest BCUT2D eigenvalue weighted by Crippen LogP contribution is -2.15. The first kappa shape index (κ1) is 19.9. The van der Waals surface area contributed by atoms with Crippen LogP contribution >= 0.6 is 0 Å². The van der Waals surface area contributed by atoms with Gasteiger partial charge in [0.1, 0.15) is 29.7 Å². The molecule has 2 N–H and O–H groups in total. The summed E-state index contributed by atoms with van der Waals surface area (Å²) in [5.74, 6) is 2.65. The highest BCUT2D eigenvalue weighted by Crippen LogP contribution is 2.19. The molecule has 8 nitrogen and oxygen atoms in total. The van der Waals surface area contributed by atoms with Crippen LogP contribution in [0.2, 0.25) is 0 Å². The molecule has 3 rings (SSSR count). The molecule has 0 radical (unpaired) electrons. The number of hydrogen-bond donors (Lipinski definition) is 2. The lowest BCUT2D eigenvalue weighted by atomic mass is 10.2. The summed E-state index contributed by atoms with van der Waals surface area (Å²) in [5, 5.41) is 13.9. The maximum Gasteiger partial charge on any atom is 0.260 e. The van der Waals surface area contributed by atoms with Crippen LogP contribution in [0.5, 0.6) is 17.2 Å². The molecule has 29 heavy (non-hydrogen) atoms. The van der Waals surface area contributed by atoms with Crippen LogP contribution in [0.3, 0.4) is 0 Å². The summed E-state index contributed by atoms with van der Waals surface area (Å²) in [5.41, 5.74) is 0.426. The van der Waals surface area contributed by atoms with Crippen LogP contribution in [-0.4, -0.2) is 43.5 Å². The zero-order chi connectivity index (χ0) is 20.5. The smallest absolute Gasteiger partial charge is 0.260 e. The van der Waals surface area contributed by atoms with E-state index in [2.05, 4.69) is 20.8 Å². The molecule has 0 bridgehead atoms. The van der Waals surface area contributed by atoms with Crippen LogP contribution in [0.15, 0.2) is 60.7 Å². The topological polar surface area (TPSA) is 94.6 Å². The fraction of sp³-hybridized carbons (Fsp3) is 0.190. The van der Waals surface area contributed by atoms with Crippen LogP contribution in [0.4, 0.5) is 11.6 Å². The molecule has 0 saturated heterocycles. The molecular formula is C21H22N4O4. The molecule has 2 aromatic carbocycles. The third-order valence-electron chi connectivity index (χ3n) is 3.99. The first-order valence-corrected chi connectivity index (χ1v) is 8.98. The van der Waals surface area contributed by atoms with Gasteiger partial charge in [0.15, 0.2) is 5.82 Å². The molecule has 0 aliphatic carbocycles. The highest BCUT2D eigenvalue weighted by atomic mass is 16.5. The Kier molecular flexibility index (Phi) is 6.83. The molecular weight excluding hydrogens is 372 g/mol. The van der Waals surface area contributed by atoms with Gasteiger partial charge in [0, 0.05) is 0 Å². The molecule has 150 valence electrons. The highest BCUT2D eigenvalue weighted by Gasteiger charge is 2.12. The van der Waals surface area contributed by atoms with Gasteiger partial charge in [-0.2, -0.15) is 0 Å². The third kappa shape index (κ3) is 5.58. The normalized spacial score (nSPS) is 10.1. The van der Waals surface area contributed by atoms with Crippen molar-refractivity contribution >= 4 is 17.5 Å². The Labute approximate surface area is 168 Å². The quantitative estimate of drug-likeness (QED) is 0.538. The predicted molar refractivity (Wildman–Crippen MR) is 110 cm³/mol. The van der Waals surface area contributed by atoms with E-state index < -0.39 is 0 Å². The summed E-state index contributed by atoms with van der Waals surface area (Å²) < 4.78 is 15.9. The zero-order valence-electron chi connectivity index (χ0n) is 16.2. The predicted octanol–water partition coefficient (Wildman–Crippen LogP) is 3.24. The molecule has 0 saturated carbocycles. The third-order valence-corrected chi connectivity index (χ3v) is 3.99. The first-order chi connectivity index (χ1) is 14.2. The van der Waals surface area contributed by atoms with Crippen molar-refractivity contribution in [1.29, 1.82) is 0 Å². The second-order valence-corrected chi connectivity index (χ2v) is 5.91. The van der Waals surface area contributed by atoms with Crippen molar-refractivity contribution in [1.82, 2.24) is 10.2 Å². The van der Waals surface area contributed by atoms with Crippen LogP contribution < -0.4 is 24.8 Å². The number of nitrogens with zero attached hydrogens (tertiary/aromatic N) is 2. The SMILES string of the molecule is COc1ccc(OCCNc2ccc(NC(=O)c3ccccc3OC)nn2)cc1. The van der Waals surface area contributed by atoms with Crippen molar-refractivity contribution in [3.8, 4) is 17.2 Å². The van der Waals surface area contributed by atoms with Gasteiger partial charge < -0.3 is 24.8 Å². The van der Waals surface area contributed by atoms with Gasteiger partial charge in [-0.3, -0.25) is 4.79 Å². The molecule has 0 spiro atoms. The van der Waals surface area contributed by atoms with Gasteiger partial charge in [0.2, 0.25) is 0 Å². The van der Waals surface area contributed by atoms with E-state index in [4.69, 9.17) is 14.2 Å². The van der Waals surface area contributed by atoms with Crippen LogP contribution in [-0.2, 0) is 0 Å². The summed E-state index contributed by atoms with van der Waals surface area (Å²) in [6, 6.07) is 17.7. The minimum absolute atomic E-state index is 0.314. The van der Waals surface area contributed by atoms with E-state index in [1.54, 1.807) is 43.5 Å². The average molecular weight is 394 g/mol. The van der Waals surface area contributed by atoms with E-state index >= 15 is 0 Å². The maximum atomic E-state index is 12.4. The lowest BCUT2D eigenvalue weighted by Gasteiger charge is -2.10. The average Bonchev–Trinajstić information content (AvgIpc) is 2.78. The van der Waals surface area contributed by atoms with Crippen LogP contribution in [0.25, 0.3) is 0 Å². The van der Waals surface area contributed by atoms with Crippen molar-refractivity contribution in [3.05, 3.63) is 66.2 Å². The number of carbonyl (C=O) groups excluding carboxylic acids is 1. The Morgan fingerprint density at radius 3 is 2.24 bits per heavy atom. The van der Waals surface area contributed by atoms with Gasteiger partial charge >= 0.3 is 0 Å². The fourth-order valence-corrected chi connectivity index (χ4v) is 2.53. The number of hydrogen-bond acceptors (Lipinski definition) is 7. The van der Waals surface area contributed by atoms with E-state index in [1.165, 1.54) is 7.11 Å². The Hall–Kier alpha value is -3.81. The highest BCUT2D eigenvalue weighted by molar-refractivity contribution is 6.05. The first-order valence-electron chi connectivity index (χ1n) is 8.98. The van der Waals surface area contributed by atoms with E-state index in [-0.39, 0.29) is 5.91 Å².